The smallest absolute Gasteiger partial charge is 0.327 e. The van der Waals surface area contributed by atoms with E-state index in [1.165, 1.54) is 0 Å². The molecule has 1 aromatic rings. The minimum Gasteiger partial charge on any atom is -0.327 e. The van der Waals surface area contributed by atoms with Crippen molar-refractivity contribution in [2.75, 3.05) is 0 Å². The van der Waals surface area contributed by atoms with Gasteiger partial charge in [-0.2, -0.15) is 13.2 Å². The predicted octanol–water partition coefficient (Wildman–Crippen LogP) is 3.93. The summed E-state index contributed by atoms with van der Waals surface area (Å²) in [5.41, 5.74) is 7.22. The average molecular weight is 271 g/mol. The molecule has 1 fully saturated rings. The Balaban J connectivity index is 1.94. The molecular formula is C15H20F3N. The van der Waals surface area contributed by atoms with E-state index in [9.17, 15) is 13.2 Å². The molecule has 0 spiro atoms. The first kappa shape index (κ1) is 14.4. The van der Waals surface area contributed by atoms with E-state index in [1.54, 1.807) is 0 Å². The highest BCUT2D eigenvalue weighted by atomic mass is 19.4. The van der Waals surface area contributed by atoms with Gasteiger partial charge in [-0.15, -0.1) is 0 Å². The summed E-state index contributed by atoms with van der Waals surface area (Å²) in [6.45, 7) is 0. The van der Waals surface area contributed by atoms with Crippen LogP contribution in [0, 0.1) is 11.8 Å². The van der Waals surface area contributed by atoms with Crippen molar-refractivity contribution in [2.24, 2.45) is 17.6 Å². The second-order valence-electron chi connectivity index (χ2n) is 5.52. The van der Waals surface area contributed by atoms with Crippen molar-refractivity contribution in [3.8, 4) is 0 Å². The van der Waals surface area contributed by atoms with Crippen molar-refractivity contribution < 1.29 is 13.2 Å². The van der Waals surface area contributed by atoms with Gasteiger partial charge in [-0.1, -0.05) is 36.8 Å². The highest BCUT2D eigenvalue weighted by molar-refractivity contribution is 5.16. The molecule has 4 heteroatoms. The number of halogens is 3. The van der Waals surface area contributed by atoms with Crippen LogP contribution in [0.2, 0.25) is 0 Å². The summed E-state index contributed by atoms with van der Waals surface area (Å²) < 4.78 is 38.3. The van der Waals surface area contributed by atoms with Crippen molar-refractivity contribution >= 4 is 0 Å². The summed E-state index contributed by atoms with van der Waals surface area (Å²) in [6, 6.07) is 9.57. The Morgan fingerprint density at radius 3 is 2.47 bits per heavy atom. The van der Waals surface area contributed by atoms with Gasteiger partial charge in [0.15, 0.2) is 0 Å². The monoisotopic (exact) mass is 271 g/mol. The molecule has 1 aromatic carbocycles. The zero-order chi connectivity index (χ0) is 13.9. The quantitative estimate of drug-likeness (QED) is 0.885. The Morgan fingerprint density at radius 1 is 1.16 bits per heavy atom. The van der Waals surface area contributed by atoms with Crippen LogP contribution in [-0.2, 0) is 6.42 Å². The van der Waals surface area contributed by atoms with Crippen molar-refractivity contribution in [1.29, 1.82) is 0 Å². The Hall–Kier alpha value is -1.03. The topological polar surface area (TPSA) is 26.0 Å². The predicted molar refractivity (Wildman–Crippen MR) is 69.6 cm³/mol. The average Bonchev–Trinajstić information content (AvgIpc) is 2.39. The molecule has 0 aromatic heterocycles. The van der Waals surface area contributed by atoms with Gasteiger partial charge in [-0.05, 0) is 37.2 Å². The van der Waals surface area contributed by atoms with E-state index in [4.69, 9.17) is 5.73 Å². The molecule has 0 saturated heterocycles. The third kappa shape index (κ3) is 3.96. The molecule has 1 saturated carbocycles. The molecule has 0 amide bonds. The molecule has 0 heterocycles. The van der Waals surface area contributed by atoms with Gasteiger partial charge >= 0.3 is 6.18 Å². The van der Waals surface area contributed by atoms with Crippen LogP contribution >= 0.6 is 0 Å². The van der Waals surface area contributed by atoms with Crippen molar-refractivity contribution in [3.05, 3.63) is 35.9 Å². The third-order valence-corrected chi connectivity index (χ3v) is 4.10. The number of hydrogen-bond donors (Lipinski definition) is 1. The molecule has 1 aliphatic rings. The van der Waals surface area contributed by atoms with Gasteiger partial charge in [0.25, 0.3) is 0 Å². The first-order valence-electron chi connectivity index (χ1n) is 6.83. The van der Waals surface area contributed by atoms with Gasteiger partial charge in [0.2, 0.25) is 0 Å². The van der Waals surface area contributed by atoms with E-state index in [2.05, 4.69) is 0 Å². The molecule has 1 aliphatic carbocycles. The van der Waals surface area contributed by atoms with Gasteiger partial charge in [0.05, 0.1) is 5.92 Å². The zero-order valence-corrected chi connectivity index (χ0v) is 10.9. The molecule has 1 unspecified atom stereocenters. The van der Waals surface area contributed by atoms with Crippen LogP contribution in [-0.4, -0.2) is 12.2 Å². The maximum absolute atomic E-state index is 12.8. The number of hydrogen-bond acceptors (Lipinski definition) is 1. The van der Waals surface area contributed by atoms with Crippen LogP contribution in [0.5, 0.6) is 0 Å². The van der Waals surface area contributed by atoms with Crippen LogP contribution in [0.1, 0.15) is 31.2 Å². The minimum atomic E-state index is -4.06. The second kappa shape index (κ2) is 5.95. The first-order chi connectivity index (χ1) is 8.97. The highest BCUT2D eigenvalue weighted by Crippen LogP contribution is 2.40. The number of rotatable bonds is 3. The van der Waals surface area contributed by atoms with Gasteiger partial charge < -0.3 is 5.73 Å². The molecule has 0 radical (unpaired) electrons. The van der Waals surface area contributed by atoms with Crippen LogP contribution in [0.3, 0.4) is 0 Å². The summed E-state index contributed by atoms with van der Waals surface area (Å²) >= 11 is 0. The van der Waals surface area contributed by atoms with Gasteiger partial charge in [-0.25, -0.2) is 0 Å². The van der Waals surface area contributed by atoms with Crippen molar-refractivity contribution in [3.63, 3.8) is 0 Å². The standard InChI is InChI=1S/C15H20F3N/c16-15(17,18)13-8-4-7-12(10-13)14(19)9-11-5-2-1-3-6-11/h1-3,5-6,12-14H,4,7-10,19H2/t12-,13+,14?/m1/s1. The molecule has 106 valence electrons. The van der Waals surface area contributed by atoms with E-state index < -0.39 is 12.1 Å². The summed E-state index contributed by atoms with van der Waals surface area (Å²) in [5.74, 6) is -1.17. The summed E-state index contributed by atoms with van der Waals surface area (Å²) in [6.07, 6.45) is -1.49. The number of benzene rings is 1. The fourth-order valence-corrected chi connectivity index (χ4v) is 2.97. The lowest BCUT2D eigenvalue weighted by atomic mass is 9.76. The number of alkyl halides is 3. The van der Waals surface area contributed by atoms with Crippen LogP contribution in [0.4, 0.5) is 13.2 Å². The lowest BCUT2D eigenvalue weighted by molar-refractivity contribution is -0.186. The normalized spacial score (nSPS) is 26.1. The minimum absolute atomic E-state index is 0.0134. The third-order valence-electron chi connectivity index (χ3n) is 4.10. The molecule has 2 N–H and O–H groups in total. The fraction of sp³-hybridized carbons (Fsp3) is 0.600. The lowest BCUT2D eigenvalue weighted by Gasteiger charge is -2.33. The van der Waals surface area contributed by atoms with E-state index >= 15 is 0 Å². The molecule has 0 aliphatic heterocycles. The first-order valence-corrected chi connectivity index (χ1v) is 6.83. The molecule has 3 atom stereocenters. The van der Waals surface area contributed by atoms with Crippen molar-refractivity contribution in [1.82, 2.24) is 0 Å². The maximum Gasteiger partial charge on any atom is 0.391 e. The molecule has 0 bridgehead atoms. The van der Waals surface area contributed by atoms with Gasteiger partial charge in [0.1, 0.15) is 0 Å². The summed E-state index contributed by atoms with van der Waals surface area (Å²) in [7, 11) is 0. The highest BCUT2D eigenvalue weighted by Gasteiger charge is 2.43. The Bertz CT molecular complexity index is 388. The van der Waals surface area contributed by atoms with Crippen molar-refractivity contribution in [2.45, 2.75) is 44.3 Å². The molecular weight excluding hydrogens is 251 g/mol. The Labute approximate surface area is 112 Å². The lowest BCUT2D eigenvalue weighted by Crippen LogP contribution is -2.38. The molecule has 1 nitrogen and oxygen atoms in total. The van der Waals surface area contributed by atoms with E-state index in [0.717, 1.165) is 12.0 Å². The Morgan fingerprint density at radius 2 is 1.84 bits per heavy atom. The summed E-state index contributed by atoms with van der Waals surface area (Å²) in [4.78, 5) is 0. The maximum atomic E-state index is 12.8. The van der Waals surface area contributed by atoms with Crippen LogP contribution in [0.15, 0.2) is 30.3 Å². The zero-order valence-electron chi connectivity index (χ0n) is 10.9. The van der Waals surface area contributed by atoms with Gasteiger partial charge in [0, 0.05) is 6.04 Å². The SMILES string of the molecule is NC(Cc1ccccc1)[C@@H]1CCC[C@H](C(F)(F)F)C1. The van der Waals surface area contributed by atoms with E-state index in [0.29, 0.717) is 12.8 Å². The number of nitrogens with two attached hydrogens (primary N) is 1. The van der Waals surface area contributed by atoms with Crippen LogP contribution in [0.25, 0.3) is 0 Å². The Kier molecular flexibility index (Phi) is 4.50. The molecule has 2 rings (SSSR count). The van der Waals surface area contributed by atoms with Crippen LogP contribution < -0.4 is 5.73 Å². The molecule has 19 heavy (non-hydrogen) atoms. The fourth-order valence-electron chi connectivity index (χ4n) is 2.97. The largest absolute Gasteiger partial charge is 0.391 e. The van der Waals surface area contributed by atoms with E-state index in [-0.39, 0.29) is 24.8 Å². The van der Waals surface area contributed by atoms with E-state index in [1.807, 2.05) is 30.3 Å². The summed E-state index contributed by atoms with van der Waals surface area (Å²) in [5, 5.41) is 0. The van der Waals surface area contributed by atoms with Gasteiger partial charge in [-0.3, -0.25) is 0 Å². The second-order valence-corrected chi connectivity index (χ2v) is 5.52.